The molecule has 194 valence electrons. The van der Waals surface area contributed by atoms with Crippen LogP contribution in [0.1, 0.15) is 60.6 Å². The van der Waals surface area contributed by atoms with Gasteiger partial charge in [-0.25, -0.2) is 4.98 Å². The molecule has 1 aromatic carbocycles. The van der Waals surface area contributed by atoms with Crippen molar-refractivity contribution in [3.63, 3.8) is 0 Å². The number of aliphatic hydroxyl groups excluding tert-OH is 2. The number of aliphatic hydroxyl groups is 3. The lowest BCUT2D eigenvalue weighted by Crippen LogP contribution is -2.58. The monoisotopic (exact) mass is 514 g/mol. The van der Waals surface area contributed by atoms with Crippen molar-refractivity contribution in [2.45, 2.75) is 44.6 Å². The number of ketones is 2. The van der Waals surface area contributed by atoms with Crippen LogP contribution in [0.25, 0.3) is 5.76 Å². The number of carbonyl (C=O) groups excluding carboxylic acids is 3. The summed E-state index contributed by atoms with van der Waals surface area (Å²) in [6.45, 7) is 3.91. The predicted molar refractivity (Wildman–Crippen MR) is 136 cm³/mol. The molecule has 1 saturated carbocycles. The number of fused-ring (bicyclic) bond motifs is 3. The molecule has 0 radical (unpaired) electrons. The molecule has 1 amide bonds. The Hall–Kier alpha value is -4.42. The second-order valence-electron chi connectivity index (χ2n) is 10.2. The third kappa shape index (κ3) is 3.60. The van der Waals surface area contributed by atoms with E-state index >= 15 is 0 Å². The van der Waals surface area contributed by atoms with Crippen molar-refractivity contribution in [2.24, 2.45) is 17.6 Å². The number of benzene rings is 1. The third-order valence-electron chi connectivity index (χ3n) is 7.71. The number of nitrogens with two attached hydrogens (primary N) is 1. The number of primary amides is 1. The highest BCUT2D eigenvalue weighted by Gasteiger charge is 2.60. The van der Waals surface area contributed by atoms with Gasteiger partial charge in [0.15, 0.2) is 11.4 Å². The van der Waals surface area contributed by atoms with Crippen molar-refractivity contribution < 1.29 is 34.8 Å². The van der Waals surface area contributed by atoms with Crippen molar-refractivity contribution in [1.29, 1.82) is 0 Å². The second kappa shape index (κ2) is 8.85. The van der Waals surface area contributed by atoms with Crippen molar-refractivity contribution in [1.82, 2.24) is 4.98 Å². The fraction of sp³-hybridized carbons (Fsp3) is 0.310. The molecule has 5 rings (SSSR count). The molecule has 1 fully saturated rings. The number of carbonyl (C=O) groups is 3. The van der Waals surface area contributed by atoms with E-state index in [9.17, 15) is 34.8 Å². The van der Waals surface area contributed by atoms with Crippen LogP contribution in [-0.4, -0.2) is 48.5 Å². The number of aromatic hydroxyl groups is 1. The van der Waals surface area contributed by atoms with Gasteiger partial charge < -0.3 is 26.2 Å². The first-order valence-electron chi connectivity index (χ1n) is 12.3. The Labute approximate surface area is 218 Å². The van der Waals surface area contributed by atoms with Crippen molar-refractivity contribution in [3.8, 4) is 17.6 Å². The minimum absolute atomic E-state index is 0.0216. The molecule has 3 aliphatic rings. The van der Waals surface area contributed by atoms with Crippen LogP contribution in [0.3, 0.4) is 0 Å². The number of phenols is 1. The first-order valence-corrected chi connectivity index (χ1v) is 12.3. The molecule has 9 nitrogen and oxygen atoms in total. The molecular weight excluding hydrogens is 488 g/mol. The molecule has 0 spiro atoms. The Morgan fingerprint density at radius 1 is 1.16 bits per heavy atom. The maximum atomic E-state index is 13.7. The van der Waals surface area contributed by atoms with Gasteiger partial charge in [0.25, 0.3) is 5.91 Å². The average Bonchev–Trinajstić information content (AvgIpc) is 2.86. The topological polar surface area (TPSA) is 171 Å². The molecule has 6 N–H and O–H groups in total. The average molecular weight is 515 g/mol. The Kier molecular flexibility index (Phi) is 5.88. The van der Waals surface area contributed by atoms with E-state index in [2.05, 4.69) is 16.8 Å². The van der Waals surface area contributed by atoms with Crippen LogP contribution in [0.5, 0.6) is 5.75 Å². The van der Waals surface area contributed by atoms with Gasteiger partial charge in [-0.15, -0.1) is 0 Å². The molecule has 0 unspecified atom stereocenters. The molecule has 1 heterocycles. The van der Waals surface area contributed by atoms with Gasteiger partial charge in [0.2, 0.25) is 5.78 Å². The van der Waals surface area contributed by atoms with Crippen LogP contribution >= 0.6 is 0 Å². The van der Waals surface area contributed by atoms with E-state index in [-0.39, 0.29) is 47.6 Å². The number of hydrogen-bond acceptors (Lipinski definition) is 8. The summed E-state index contributed by atoms with van der Waals surface area (Å²) in [5.74, 6) is -0.811. The summed E-state index contributed by atoms with van der Waals surface area (Å²) in [6.07, 6.45) is 1.57. The molecule has 38 heavy (non-hydrogen) atoms. The van der Waals surface area contributed by atoms with E-state index in [1.165, 1.54) is 0 Å². The van der Waals surface area contributed by atoms with E-state index in [1.54, 1.807) is 30.5 Å². The minimum Gasteiger partial charge on any atom is -0.508 e. The lowest BCUT2D eigenvalue weighted by Gasteiger charge is -2.46. The first-order chi connectivity index (χ1) is 18.0. The number of Topliss-reactive ketones (excluding diaryl/α,β-unsaturated/α-hetero) is 2. The van der Waals surface area contributed by atoms with Gasteiger partial charge in [-0.3, -0.25) is 14.4 Å². The fourth-order valence-corrected chi connectivity index (χ4v) is 5.90. The quantitative estimate of drug-likeness (QED) is 0.300. The van der Waals surface area contributed by atoms with Crippen molar-refractivity contribution in [2.75, 3.05) is 0 Å². The summed E-state index contributed by atoms with van der Waals surface area (Å²) >= 11 is 0. The molecule has 1 aromatic heterocycles. The Bertz CT molecular complexity index is 1540. The summed E-state index contributed by atoms with van der Waals surface area (Å²) in [6, 6.07) is 6.99. The number of amides is 1. The zero-order valence-corrected chi connectivity index (χ0v) is 20.8. The van der Waals surface area contributed by atoms with Gasteiger partial charge in [0.1, 0.15) is 28.5 Å². The molecule has 0 aliphatic heterocycles. The number of nitrogens with zero attached hydrogens (tertiary/aromatic N) is 1. The molecule has 3 atom stereocenters. The maximum Gasteiger partial charge on any atom is 0.255 e. The lowest BCUT2D eigenvalue weighted by molar-refractivity contribution is -0.147. The van der Waals surface area contributed by atoms with Crippen LogP contribution < -0.4 is 5.73 Å². The summed E-state index contributed by atoms with van der Waals surface area (Å²) in [4.78, 5) is 42.2. The van der Waals surface area contributed by atoms with Gasteiger partial charge >= 0.3 is 0 Å². The van der Waals surface area contributed by atoms with Gasteiger partial charge in [-0.2, -0.15) is 0 Å². The van der Waals surface area contributed by atoms with E-state index < -0.39 is 52.0 Å². The normalized spacial score (nSPS) is 24.4. The Morgan fingerprint density at radius 2 is 1.89 bits per heavy atom. The summed E-state index contributed by atoms with van der Waals surface area (Å²) in [7, 11) is 0. The highest BCUT2D eigenvalue weighted by atomic mass is 16.3. The largest absolute Gasteiger partial charge is 0.508 e. The van der Waals surface area contributed by atoms with E-state index in [1.807, 2.05) is 13.8 Å². The maximum absolute atomic E-state index is 13.7. The van der Waals surface area contributed by atoms with E-state index in [0.29, 0.717) is 11.3 Å². The first kappa shape index (κ1) is 25.2. The molecule has 0 saturated heterocycles. The summed E-state index contributed by atoms with van der Waals surface area (Å²) < 4.78 is 0. The zero-order chi connectivity index (χ0) is 27.5. The number of rotatable bonds is 2. The minimum atomic E-state index is -2.59. The van der Waals surface area contributed by atoms with Crippen LogP contribution in [0.4, 0.5) is 0 Å². The molecule has 2 aromatic rings. The summed E-state index contributed by atoms with van der Waals surface area (Å²) in [5, 5.41) is 44.7. The smallest absolute Gasteiger partial charge is 0.255 e. The Morgan fingerprint density at radius 3 is 2.53 bits per heavy atom. The standard InChI is InChI=1S/C29H26N2O7/c1-13(2)18-10-14(6-7-17-5-3-4-8-31-17)24(33)22-19(18)11-15-9-16-12-20(32)23(28(30)37)27(36)29(16,38)26(35)21(15)25(22)34/h3-5,8,10,13,15-16,33-34,36,38H,9,11-12H2,1-2H3,(H2,30,37)/t15-,16+,29+/m1/s1. The Balaban J connectivity index is 1.71. The number of phenolic OH excluding ortho intramolecular Hbond substituents is 1. The van der Waals surface area contributed by atoms with Crippen molar-refractivity contribution >= 4 is 23.2 Å². The van der Waals surface area contributed by atoms with Crippen LogP contribution in [0.15, 0.2) is 47.4 Å². The molecular formula is C29H26N2O7. The SMILES string of the molecule is CC(C)c1cc(C#Cc2ccccn2)c(O)c2c1C[C@H]1C[C@H]3CC(=O)C(C(N)=O)=C(O)[C@@]3(O)C(=O)C1=C2O. The highest BCUT2D eigenvalue weighted by Crippen LogP contribution is 2.53. The summed E-state index contributed by atoms with van der Waals surface area (Å²) in [5.41, 5.74) is 3.85. The zero-order valence-electron chi connectivity index (χ0n) is 20.8. The molecule has 9 heteroatoms. The van der Waals surface area contributed by atoms with E-state index in [4.69, 9.17) is 5.73 Å². The van der Waals surface area contributed by atoms with Gasteiger partial charge in [-0.1, -0.05) is 25.8 Å². The number of pyridine rings is 1. The van der Waals surface area contributed by atoms with Gasteiger partial charge in [0, 0.05) is 24.1 Å². The highest BCUT2D eigenvalue weighted by molar-refractivity contribution is 6.22. The second-order valence-corrected chi connectivity index (χ2v) is 10.2. The van der Waals surface area contributed by atoms with E-state index in [0.717, 1.165) is 5.56 Å². The van der Waals surface area contributed by atoms with Crippen molar-refractivity contribution in [3.05, 3.63) is 75.3 Å². The third-order valence-corrected chi connectivity index (χ3v) is 7.71. The fourth-order valence-electron chi connectivity index (χ4n) is 5.90. The number of hydrogen-bond donors (Lipinski definition) is 5. The molecule has 3 aliphatic carbocycles. The van der Waals surface area contributed by atoms with Crippen LogP contribution in [0, 0.1) is 23.7 Å². The van der Waals surface area contributed by atoms with Crippen LogP contribution in [-0.2, 0) is 20.8 Å². The van der Waals surface area contributed by atoms with Gasteiger partial charge in [-0.05, 0) is 59.9 Å². The molecule has 0 bridgehead atoms. The lowest BCUT2D eigenvalue weighted by atomic mass is 9.59. The number of aromatic nitrogens is 1. The van der Waals surface area contributed by atoms with Crippen LogP contribution in [0.2, 0.25) is 0 Å². The van der Waals surface area contributed by atoms with Gasteiger partial charge in [0.05, 0.1) is 11.1 Å². The predicted octanol–water partition coefficient (Wildman–Crippen LogP) is 2.34.